The molecule has 15 rings (SSSR count). The topological polar surface area (TPSA) is 146 Å². The van der Waals surface area contributed by atoms with Gasteiger partial charge in [0.15, 0.2) is 40.6 Å². The number of para-hydroxylation sites is 3. The lowest BCUT2D eigenvalue weighted by molar-refractivity contribution is 0.0501. The maximum absolute atomic E-state index is 14.9. The van der Waals surface area contributed by atoms with E-state index in [4.69, 9.17) is 41.7 Å². The molecule has 67 heavy (non-hydrogen) atoms. The van der Waals surface area contributed by atoms with E-state index in [-0.39, 0.29) is 40.7 Å². The first-order valence-electron chi connectivity index (χ1n) is 21.6. The smallest absolute Gasteiger partial charge is 0.271 e. The highest BCUT2D eigenvalue weighted by Gasteiger charge is 2.36. The van der Waals surface area contributed by atoms with Gasteiger partial charge in [-0.2, -0.15) is 0 Å². The molecule has 3 aromatic heterocycles. The second-order valence-electron chi connectivity index (χ2n) is 17.0. The summed E-state index contributed by atoms with van der Waals surface area (Å²) in [6.07, 6.45) is -1.84. The lowest BCUT2D eigenvalue weighted by atomic mass is 9.96. The lowest BCUT2D eigenvalue weighted by Crippen LogP contribution is -2.22. The summed E-state index contributed by atoms with van der Waals surface area (Å²) in [6, 6.07) is 39.8. The van der Waals surface area contributed by atoms with Gasteiger partial charge in [0.25, 0.3) is 6.29 Å². The zero-order valence-electron chi connectivity index (χ0n) is 34.7. The molecule has 12 heteroatoms. The summed E-state index contributed by atoms with van der Waals surface area (Å²) in [5.41, 5.74) is 2.68. The predicted molar refractivity (Wildman–Crippen MR) is 251 cm³/mol. The molecule has 2 atom stereocenters. The minimum Gasteiger partial charge on any atom is -0.485 e. The van der Waals surface area contributed by atoms with Crippen LogP contribution in [0.1, 0.15) is 23.5 Å². The first kappa shape index (κ1) is 36.3. The Labute approximate surface area is 374 Å². The van der Waals surface area contributed by atoms with E-state index in [1.54, 1.807) is 66.7 Å². The Morgan fingerprint density at radius 1 is 0.388 bits per heavy atom. The summed E-state index contributed by atoms with van der Waals surface area (Å²) in [6.45, 7) is 0.0877. The van der Waals surface area contributed by atoms with Gasteiger partial charge in [-0.1, -0.05) is 54.6 Å². The SMILES string of the molecule is O=c1c2ccccc2oc2c(C3Oc4ccc5cc(C6COc7c(ccc8ccc9oc%10ccccc%10c(=O)c9c78)O6)c6oc7ccccc7c(=O)c6c5c4O3)cc3cc4c(cc3c12)OCO4. The standard InChI is InChI=1S/C55H28O12/c56-48-29-8-2-5-11-35(29)65-52-33(20-27-21-40-41(61-24-60-40)22-31(27)45(48)52)55-66-39-18-15-26-19-32(51-47(44(26)54(39)67-55)50(58)30-9-3-6-12-36(30)64-51)42-23-59-53-38(63-42)17-14-25-13-16-37-46(43(25)53)49(57)28-7-1-4-10-34(28)62-37/h1-22,42,55H,23-24H2. The van der Waals surface area contributed by atoms with Gasteiger partial charge < -0.3 is 41.7 Å². The number of rotatable bonds is 2. The monoisotopic (exact) mass is 880 g/mol. The van der Waals surface area contributed by atoms with Crippen molar-refractivity contribution < 1.29 is 41.7 Å². The fourth-order valence-corrected chi connectivity index (χ4v) is 10.3. The summed E-state index contributed by atoms with van der Waals surface area (Å²) >= 11 is 0. The van der Waals surface area contributed by atoms with Gasteiger partial charge in [0.2, 0.25) is 23.1 Å². The Morgan fingerprint density at radius 3 is 1.72 bits per heavy atom. The van der Waals surface area contributed by atoms with Gasteiger partial charge in [0.1, 0.15) is 40.1 Å². The number of ether oxygens (including phenoxy) is 6. The number of benzene rings is 9. The van der Waals surface area contributed by atoms with Crippen LogP contribution in [-0.4, -0.2) is 13.4 Å². The molecule has 6 heterocycles. The first-order chi connectivity index (χ1) is 32.9. The van der Waals surface area contributed by atoms with Crippen LogP contribution in [0, 0.1) is 0 Å². The van der Waals surface area contributed by atoms with E-state index in [1.807, 2.05) is 66.7 Å². The molecule has 0 N–H and O–H groups in total. The average molecular weight is 881 g/mol. The number of hydrogen-bond donors (Lipinski definition) is 0. The normalized spacial score (nSPS) is 16.2. The third-order valence-corrected chi connectivity index (χ3v) is 13.3. The Bertz CT molecular complexity index is 4450. The molecule has 0 fully saturated rings. The van der Waals surface area contributed by atoms with Crippen LogP contribution >= 0.6 is 0 Å². The van der Waals surface area contributed by atoms with Crippen molar-refractivity contribution in [3.05, 3.63) is 175 Å². The van der Waals surface area contributed by atoms with Crippen molar-refractivity contribution in [2.75, 3.05) is 13.4 Å². The van der Waals surface area contributed by atoms with Crippen molar-refractivity contribution in [3.8, 4) is 34.5 Å². The molecule has 3 aliphatic heterocycles. The first-order valence-corrected chi connectivity index (χ1v) is 21.6. The Kier molecular flexibility index (Phi) is 7.07. The zero-order chi connectivity index (χ0) is 44.2. The predicted octanol–water partition coefficient (Wildman–Crippen LogP) is 11.6. The highest BCUT2D eigenvalue weighted by molar-refractivity contribution is 6.15. The van der Waals surface area contributed by atoms with E-state index in [0.29, 0.717) is 127 Å². The zero-order valence-corrected chi connectivity index (χ0v) is 34.7. The van der Waals surface area contributed by atoms with Crippen molar-refractivity contribution >= 4 is 98.1 Å². The van der Waals surface area contributed by atoms with Gasteiger partial charge in [-0.3, -0.25) is 14.4 Å². The second-order valence-corrected chi connectivity index (χ2v) is 17.0. The number of hydrogen-bond acceptors (Lipinski definition) is 12. The van der Waals surface area contributed by atoms with Crippen molar-refractivity contribution in [1.29, 1.82) is 0 Å². The van der Waals surface area contributed by atoms with E-state index in [2.05, 4.69) is 0 Å². The van der Waals surface area contributed by atoms with Crippen LogP contribution in [0.25, 0.3) is 98.1 Å². The highest BCUT2D eigenvalue weighted by atomic mass is 16.7. The average Bonchev–Trinajstić information content (AvgIpc) is 4.02. The third-order valence-electron chi connectivity index (χ3n) is 13.3. The molecule has 2 unspecified atom stereocenters. The van der Waals surface area contributed by atoms with Crippen LogP contribution < -0.4 is 44.7 Å². The highest BCUT2D eigenvalue weighted by Crippen LogP contribution is 2.52. The van der Waals surface area contributed by atoms with Crippen LogP contribution in [0.5, 0.6) is 34.5 Å². The molecule has 0 aliphatic carbocycles. The van der Waals surface area contributed by atoms with Crippen LogP contribution in [0.2, 0.25) is 0 Å². The van der Waals surface area contributed by atoms with E-state index in [9.17, 15) is 14.4 Å². The third kappa shape index (κ3) is 4.98. The van der Waals surface area contributed by atoms with Crippen LogP contribution in [0.4, 0.5) is 0 Å². The fraction of sp³-hybridized carbons (Fsp3) is 0.0727. The van der Waals surface area contributed by atoms with Gasteiger partial charge >= 0.3 is 0 Å². The Hall–Kier alpha value is -9.03. The van der Waals surface area contributed by atoms with Crippen molar-refractivity contribution in [3.63, 3.8) is 0 Å². The van der Waals surface area contributed by atoms with Crippen molar-refractivity contribution in [1.82, 2.24) is 0 Å². The van der Waals surface area contributed by atoms with Crippen LogP contribution in [-0.2, 0) is 0 Å². The van der Waals surface area contributed by atoms with Gasteiger partial charge in [0.05, 0.1) is 37.9 Å². The summed E-state index contributed by atoms with van der Waals surface area (Å²) in [5, 5.41) is 6.12. The molecule has 3 aliphatic rings. The molecule has 0 saturated carbocycles. The molecule has 12 nitrogen and oxygen atoms in total. The molecule has 0 amide bonds. The molecule has 0 radical (unpaired) electrons. The molecular formula is C55H28O12. The minimum absolute atomic E-state index is 0.0283. The molecule has 0 saturated heterocycles. The van der Waals surface area contributed by atoms with E-state index < -0.39 is 12.4 Å². The summed E-state index contributed by atoms with van der Waals surface area (Å²) in [5.74, 6) is 2.61. The molecular weight excluding hydrogens is 853 g/mol. The van der Waals surface area contributed by atoms with Gasteiger partial charge in [0, 0.05) is 21.7 Å². The van der Waals surface area contributed by atoms with Crippen molar-refractivity contribution in [2.24, 2.45) is 0 Å². The van der Waals surface area contributed by atoms with Crippen LogP contribution in [0.3, 0.4) is 0 Å². The number of fused-ring (bicyclic) bond motifs is 17. The summed E-state index contributed by atoms with van der Waals surface area (Å²) in [7, 11) is 0. The maximum Gasteiger partial charge on any atom is 0.271 e. The Morgan fingerprint density at radius 2 is 0.970 bits per heavy atom. The minimum atomic E-state index is -1.10. The van der Waals surface area contributed by atoms with E-state index in [0.717, 1.165) is 5.39 Å². The van der Waals surface area contributed by atoms with Gasteiger partial charge in [-0.05, 0) is 95.0 Å². The fourth-order valence-electron chi connectivity index (χ4n) is 10.3. The molecule has 9 aromatic carbocycles. The molecule has 0 bridgehead atoms. The van der Waals surface area contributed by atoms with Crippen LogP contribution in [0.15, 0.2) is 161 Å². The molecule has 320 valence electrons. The van der Waals surface area contributed by atoms with Gasteiger partial charge in [-0.15, -0.1) is 0 Å². The van der Waals surface area contributed by atoms with Crippen molar-refractivity contribution in [2.45, 2.75) is 12.4 Å². The summed E-state index contributed by atoms with van der Waals surface area (Å²) < 4.78 is 57.7. The quantitative estimate of drug-likeness (QED) is 0.120. The summed E-state index contributed by atoms with van der Waals surface area (Å²) in [4.78, 5) is 43.3. The van der Waals surface area contributed by atoms with Gasteiger partial charge in [-0.25, -0.2) is 0 Å². The van der Waals surface area contributed by atoms with E-state index in [1.165, 1.54) is 0 Å². The maximum atomic E-state index is 14.9. The lowest BCUT2D eigenvalue weighted by Gasteiger charge is -2.28. The Balaban J connectivity index is 0.908. The molecule has 0 spiro atoms. The molecule has 12 aromatic rings. The van der Waals surface area contributed by atoms with E-state index >= 15 is 0 Å². The second kappa shape index (κ2) is 13.0. The largest absolute Gasteiger partial charge is 0.485 e.